The minimum atomic E-state index is -0.122. The van der Waals surface area contributed by atoms with Crippen LogP contribution >= 0.6 is 0 Å². The summed E-state index contributed by atoms with van der Waals surface area (Å²) in [7, 11) is 0. The van der Waals surface area contributed by atoms with Crippen molar-refractivity contribution < 1.29 is 9.53 Å². The maximum absolute atomic E-state index is 12.6. The van der Waals surface area contributed by atoms with Crippen LogP contribution in [-0.4, -0.2) is 34.7 Å². The lowest BCUT2D eigenvalue weighted by molar-refractivity contribution is 0.0924. The Balaban J connectivity index is 1.55. The number of carbonyl (C=O) groups is 1. The maximum atomic E-state index is 12.6. The minimum Gasteiger partial charge on any atom is -0.380 e. The van der Waals surface area contributed by atoms with Crippen LogP contribution in [0.5, 0.6) is 0 Å². The van der Waals surface area contributed by atoms with Crippen molar-refractivity contribution in [1.29, 1.82) is 0 Å². The molecular weight excluding hydrogens is 342 g/mol. The molecule has 3 rings (SSSR count). The first-order chi connectivity index (χ1) is 13.2. The summed E-state index contributed by atoms with van der Waals surface area (Å²) in [6, 6.07) is 7.32. The monoisotopic (exact) mass is 369 g/mol. The van der Waals surface area contributed by atoms with Crippen LogP contribution in [0.2, 0.25) is 0 Å². The van der Waals surface area contributed by atoms with Gasteiger partial charge in [-0.2, -0.15) is 0 Å². The van der Waals surface area contributed by atoms with Crippen molar-refractivity contribution in [3.05, 3.63) is 64.3 Å². The third-order valence-electron chi connectivity index (χ3n) is 5.14. The Bertz CT molecular complexity index is 796. The number of nitrogens with zero attached hydrogens (tertiary/aromatic N) is 2. The zero-order chi connectivity index (χ0) is 19.1. The van der Waals surface area contributed by atoms with Gasteiger partial charge in [-0.1, -0.05) is 6.07 Å². The van der Waals surface area contributed by atoms with E-state index in [-0.39, 0.29) is 17.5 Å². The Hall–Kier alpha value is -2.47. The zero-order valence-corrected chi connectivity index (χ0v) is 15.8. The molecule has 6 nitrogen and oxygen atoms in total. The summed E-state index contributed by atoms with van der Waals surface area (Å²) in [4.78, 5) is 28.7. The van der Waals surface area contributed by atoms with Crippen molar-refractivity contribution in [2.45, 2.75) is 51.1 Å². The molecule has 0 spiro atoms. The maximum Gasteiger partial charge on any atom is 0.252 e. The molecule has 1 aliphatic rings. The Morgan fingerprint density at radius 3 is 2.78 bits per heavy atom. The average Bonchev–Trinajstić information content (AvgIpc) is 2.71. The number of carbonyl (C=O) groups excluding carboxylic acids is 1. The lowest BCUT2D eigenvalue weighted by atomic mass is 9.82. The molecule has 0 atom stereocenters. The average molecular weight is 369 g/mol. The van der Waals surface area contributed by atoms with Crippen LogP contribution in [0.15, 0.2) is 47.7 Å². The van der Waals surface area contributed by atoms with E-state index in [1.807, 2.05) is 19.2 Å². The van der Waals surface area contributed by atoms with Crippen molar-refractivity contribution in [2.75, 3.05) is 13.2 Å². The summed E-state index contributed by atoms with van der Waals surface area (Å²) >= 11 is 0. The van der Waals surface area contributed by atoms with Gasteiger partial charge in [0.15, 0.2) is 0 Å². The summed E-state index contributed by atoms with van der Waals surface area (Å²) in [6.45, 7) is 3.43. The fourth-order valence-corrected chi connectivity index (χ4v) is 3.60. The van der Waals surface area contributed by atoms with Gasteiger partial charge in [0.05, 0.1) is 12.2 Å². The molecule has 1 aliphatic carbocycles. The fraction of sp³-hybridized carbons (Fsp3) is 0.476. The van der Waals surface area contributed by atoms with Crippen LogP contribution in [0, 0.1) is 0 Å². The van der Waals surface area contributed by atoms with Gasteiger partial charge in [-0.3, -0.25) is 14.6 Å². The highest BCUT2D eigenvalue weighted by atomic mass is 16.5. The highest BCUT2D eigenvalue weighted by Crippen LogP contribution is 2.32. The number of aromatic nitrogens is 2. The van der Waals surface area contributed by atoms with Gasteiger partial charge in [-0.15, -0.1) is 0 Å². The molecule has 2 heterocycles. The predicted octanol–water partition coefficient (Wildman–Crippen LogP) is 2.74. The molecule has 0 aromatic carbocycles. The van der Waals surface area contributed by atoms with Crippen molar-refractivity contribution in [1.82, 2.24) is 14.9 Å². The van der Waals surface area contributed by atoms with Gasteiger partial charge >= 0.3 is 0 Å². The predicted molar refractivity (Wildman–Crippen MR) is 104 cm³/mol. The van der Waals surface area contributed by atoms with Crippen molar-refractivity contribution in [3.63, 3.8) is 0 Å². The van der Waals surface area contributed by atoms with Crippen LogP contribution in [-0.2, 0) is 11.3 Å². The molecule has 144 valence electrons. The van der Waals surface area contributed by atoms with Gasteiger partial charge in [0, 0.05) is 43.9 Å². The molecule has 27 heavy (non-hydrogen) atoms. The number of nitrogens with one attached hydrogen (secondary N) is 1. The highest BCUT2D eigenvalue weighted by molar-refractivity contribution is 5.94. The van der Waals surface area contributed by atoms with Gasteiger partial charge in [0.25, 0.3) is 11.5 Å². The second-order valence-electron chi connectivity index (χ2n) is 6.95. The molecule has 1 saturated carbocycles. The number of ether oxygens (including phenoxy) is 1. The molecule has 2 aromatic heterocycles. The molecule has 0 aliphatic heterocycles. The van der Waals surface area contributed by atoms with E-state index in [4.69, 9.17) is 4.74 Å². The van der Waals surface area contributed by atoms with E-state index >= 15 is 0 Å². The van der Waals surface area contributed by atoms with Gasteiger partial charge in [-0.05, 0) is 56.2 Å². The van der Waals surface area contributed by atoms with Crippen LogP contribution in [0.3, 0.4) is 0 Å². The van der Waals surface area contributed by atoms with Gasteiger partial charge < -0.3 is 14.6 Å². The zero-order valence-electron chi connectivity index (χ0n) is 15.8. The van der Waals surface area contributed by atoms with Crippen LogP contribution in [0.25, 0.3) is 0 Å². The third-order valence-corrected chi connectivity index (χ3v) is 5.14. The highest BCUT2D eigenvalue weighted by Gasteiger charge is 2.24. The van der Waals surface area contributed by atoms with Crippen molar-refractivity contribution >= 4 is 5.91 Å². The van der Waals surface area contributed by atoms with Crippen LogP contribution < -0.4 is 10.9 Å². The van der Waals surface area contributed by atoms with Crippen LogP contribution in [0.1, 0.15) is 54.4 Å². The number of pyridine rings is 2. The number of hydrogen-bond donors (Lipinski definition) is 1. The summed E-state index contributed by atoms with van der Waals surface area (Å²) in [5.41, 5.74) is 1.67. The van der Waals surface area contributed by atoms with Crippen LogP contribution in [0.4, 0.5) is 0 Å². The smallest absolute Gasteiger partial charge is 0.252 e. The molecular formula is C21H27N3O3. The van der Waals surface area contributed by atoms with E-state index in [9.17, 15) is 9.59 Å². The van der Waals surface area contributed by atoms with Crippen molar-refractivity contribution in [3.8, 4) is 0 Å². The Kier molecular flexibility index (Phi) is 6.76. The minimum absolute atomic E-state index is 0.120. The molecule has 2 aromatic rings. The lowest BCUT2D eigenvalue weighted by Gasteiger charge is -2.29. The number of hydrogen-bond acceptors (Lipinski definition) is 4. The quantitative estimate of drug-likeness (QED) is 0.762. The molecule has 0 bridgehead atoms. The summed E-state index contributed by atoms with van der Waals surface area (Å²) in [5.74, 6) is 0.400. The number of rotatable bonds is 7. The van der Waals surface area contributed by atoms with Crippen molar-refractivity contribution in [2.24, 2.45) is 0 Å². The topological polar surface area (TPSA) is 73.2 Å². The van der Waals surface area contributed by atoms with Gasteiger partial charge in [-0.25, -0.2) is 0 Å². The Labute approximate surface area is 159 Å². The fourth-order valence-electron chi connectivity index (χ4n) is 3.60. The summed E-state index contributed by atoms with van der Waals surface area (Å²) in [6.07, 6.45) is 9.36. The Morgan fingerprint density at radius 2 is 2.07 bits per heavy atom. The first kappa shape index (κ1) is 19.3. The lowest BCUT2D eigenvalue weighted by Crippen LogP contribution is -2.38. The Morgan fingerprint density at radius 1 is 1.26 bits per heavy atom. The molecule has 1 N–H and O–H groups in total. The summed E-state index contributed by atoms with van der Waals surface area (Å²) < 4.78 is 6.83. The standard InChI is InChI=1S/C21H27N3O3/c1-2-27-13-12-24-15-18(7-10-20(24)25)21(26)23-19-8-5-16(6-9-19)17-4-3-11-22-14-17/h3-4,7,10-11,14-16,19H,2,5-6,8-9,12-13H2,1H3,(H,23,26). The largest absolute Gasteiger partial charge is 0.380 e. The second-order valence-corrected chi connectivity index (χ2v) is 6.95. The first-order valence-corrected chi connectivity index (χ1v) is 9.66. The molecule has 1 amide bonds. The summed E-state index contributed by atoms with van der Waals surface area (Å²) in [5, 5.41) is 3.12. The van der Waals surface area contributed by atoms with E-state index in [1.54, 1.807) is 18.5 Å². The molecule has 0 unspecified atom stereocenters. The van der Waals surface area contributed by atoms with E-state index in [0.29, 0.717) is 31.2 Å². The van der Waals surface area contributed by atoms with E-state index in [1.165, 1.54) is 16.2 Å². The van der Waals surface area contributed by atoms with E-state index < -0.39 is 0 Å². The van der Waals surface area contributed by atoms with E-state index in [2.05, 4.69) is 16.4 Å². The van der Waals surface area contributed by atoms with E-state index in [0.717, 1.165) is 25.7 Å². The first-order valence-electron chi connectivity index (χ1n) is 9.66. The molecule has 6 heteroatoms. The third kappa shape index (κ3) is 5.26. The SMILES string of the molecule is CCOCCn1cc(C(=O)NC2CCC(c3cccnc3)CC2)ccc1=O. The van der Waals surface area contributed by atoms with Gasteiger partial charge in [0.1, 0.15) is 0 Å². The normalized spacial score (nSPS) is 19.6. The molecule has 0 radical (unpaired) electrons. The van der Waals surface area contributed by atoms with Gasteiger partial charge in [0.2, 0.25) is 0 Å². The molecule has 1 fully saturated rings. The number of amides is 1. The second kappa shape index (κ2) is 9.46. The molecule has 0 saturated heterocycles.